The smallest absolute Gasteiger partial charge is 0.340 e. The molecule has 0 aromatic carbocycles. The van der Waals surface area contributed by atoms with Crippen LogP contribution >= 0.6 is 0 Å². The van der Waals surface area contributed by atoms with Crippen LogP contribution in [0.4, 0.5) is 8.78 Å². The Morgan fingerprint density at radius 1 is 1.71 bits per heavy atom. The maximum atomic E-state index is 12.7. The lowest BCUT2D eigenvalue weighted by Gasteiger charge is -2.09. The Labute approximate surface area is 95.8 Å². The van der Waals surface area contributed by atoms with E-state index in [4.69, 9.17) is 11.0 Å². The molecule has 0 saturated heterocycles. The van der Waals surface area contributed by atoms with Gasteiger partial charge in [0.2, 0.25) is 0 Å². The van der Waals surface area contributed by atoms with Gasteiger partial charge in [-0.1, -0.05) is 0 Å². The first-order valence-corrected chi connectivity index (χ1v) is 4.55. The monoisotopic (exact) mass is 241 g/mol. The zero-order chi connectivity index (χ0) is 13.0. The van der Waals surface area contributed by atoms with E-state index in [9.17, 15) is 13.6 Å². The SMILES string of the molecule is COC(=O)c1cc(C(F)F)c(CN)nc1C#N. The maximum Gasteiger partial charge on any atom is 0.340 e. The highest BCUT2D eigenvalue weighted by Crippen LogP contribution is 2.24. The van der Waals surface area contributed by atoms with Gasteiger partial charge in [0.05, 0.1) is 18.4 Å². The molecular formula is C10H9F2N3O2. The van der Waals surface area contributed by atoms with Crippen molar-refractivity contribution < 1.29 is 18.3 Å². The normalized spacial score (nSPS) is 10.1. The van der Waals surface area contributed by atoms with Crippen LogP contribution < -0.4 is 5.73 Å². The van der Waals surface area contributed by atoms with Gasteiger partial charge < -0.3 is 10.5 Å². The molecule has 1 aromatic heterocycles. The zero-order valence-electron chi connectivity index (χ0n) is 8.91. The van der Waals surface area contributed by atoms with Gasteiger partial charge in [-0.15, -0.1) is 0 Å². The number of alkyl halides is 2. The number of methoxy groups -OCH3 is 1. The number of ether oxygens (including phenoxy) is 1. The second-order valence-electron chi connectivity index (χ2n) is 3.03. The number of carbonyl (C=O) groups excluding carboxylic acids is 1. The molecule has 90 valence electrons. The van der Waals surface area contributed by atoms with E-state index in [0.717, 1.165) is 13.2 Å². The number of halogens is 2. The van der Waals surface area contributed by atoms with E-state index in [1.165, 1.54) is 0 Å². The fourth-order valence-corrected chi connectivity index (χ4v) is 1.27. The number of aromatic nitrogens is 1. The van der Waals surface area contributed by atoms with Crippen molar-refractivity contribution in [2.24, 2.45) is 5.73 Å². The van der Waals surface area contributed by atoms with E-state index >= 15 is 0 Å². The number of carbonyl (C=O) groups is 1. The Hall–Kier alpha value is -2.07. The molecule has 0 atom stereocenters. The van der Waals surface area contributed by atoms with Gasteiger partial charge in [-0.05, 0) is 6.07 Å². The third-order valence-corrected chi connectivity index (χ3v) is 2.07. The summed E-state index contributed by atoms with van der Waals surface area (Å²) in [6.07, 6.45) is -2.82. The van der Waals surface area contributed by atoms with Gasteiger partial charge in [-0.25, -0.2) is 18.6 Å². The van der Waals surface area contributed by atoms with E-state index in [-0.39, 0.29) is 23.5 Å². The minimum atomic E-state index is -2.82. The third-order valence-electron chi connectivity index (χ3n) is 2.07. The molecule has 0 bridgehead atoms. The van der Waals surface area contributed by atoms with Gasteiger partial charge in [0.15, 0.2) is 5.69 Å². The molecular weight excluding hydrogens is 232 g/mol. The van der Waals surface area contributed by atoms with E-state index in [2.05, 4.69) is 9.72 Å². The van der Waals surface area contributed by atoms with Crippen LogP contribution in [-0.4, -0.2) is 18.1 Å². The first-order chi connectivity index (χ1) is 8.04. The van der Waals surface area contributed by atoms with Crippen molar-refractivity contribution in [3.05, 3.63) is 28.6 Å². The minimum Gasteiger partial charge on any atom is -0.465 e. The molecule has 0 spiro atoms. The second kappa shape index (κ2) is 5.32. The average molecular weight is 241 g/mol. The summed E-state index contributed by atoms with van der Waals surface area (Å²) in [5.74, 6) is -0.889. The maximum absolute atomic E-state index is 12.7. The number of nitriles is 1. The molecule has 5 nitrogen and oxygen atoms in total. The molecule has 0 aliphatic carbocycles. The van der Waals surface area contributed by atoms with E-state index < -0.39 is 18.0 Å². The van der Waals surface area contributed by atoms with Crippen LogP contribution in [-0.2, 0) is 11.3 Å². The fourth-order valence-electron chi connectivity index (χ4n) is 1.27. The lowest BCUT2D eigenvalue weighted by atomic mass is 10.1. The number of esters is 1. The lowest BCUT2D eigenvalue weighted by Crippen LogP contribution is -2.12. The average Bonchev–Trinajstić information content (AvgIpc) is 2.35. The number of hydrogen-bond acceptors (Lipinski definition) is 5. The van der Waals surface area contributed by atoms with Crippen molar-refractivity contribution in [1.82, 2.24) is 4.98 Å². The summed E-state index contributed by atoms with van der Waals surface area (Å²) in [5.41, 5.74) is 4.11. The Morgan fingerprint density at radius 2 is 2.35 bits per heavy atom. The molecule has 1 heterocycles. The standard InChI is InChI=1S/C10H9F2N3O2/c1-17-10(16)6-2-5(9(11)12)7(3-13)15-8(6)4-14/h2,9H,3,13H2,1H3. The first-order valence-electron chi connectivity index (χ1n) is 4.55. The van der Waals surface area contributed by atoms with Gasteiger partial charge in [0, 0.05) is 12.1 Å². The summed E-state index contributed by atoms with van der Waals surface area (Å²) >= 11 is 0. The summed E-state index contributed by atoms with van der Waals surface area (Å²) in [4.78, 5) is 14.9. The van der Waals surface area contributed by atoms with Gasteiger partial charge in [-0.2, -0.15) is 5.26 Å². The largest absolute Gasteiger partial charge is 0.465 e. The summed E-state index contributed by atoms with van der Waals surface area (Å²) in [6, 6.07) is 2.53. The molecule has 1 rings (SSSR count). The topological polar surface area (TPSA) is 89.0 Å². The van der Waals surface area contributed by atoms with Crippen LogP contribution in [0.3, 0.4) is 0 Å². The Kier molecular flexibility index (Phi) is 4.06. The van der Waals surface area contributed by atoms with Crippen LogP contribution in [0.15, 0.2) is 6.07 Å². The summed E-state index contributed by atoms with van der Waals surface area (Å²) in [5, 5.41) is 8.76. The number of pyridine rings is 1. The molecule has 0 fully saturated rings. The lowest BCUT2D eigenvalue weighted by molar-refractivity contribution is 0.0599. The predicted octanol–water partition coefficient (Wildman–Crippen LogP) is 1.14. The number of nitrogens with two attached hydrogens (primary N) is 1. The number of hydrogen-bond donors (Lipinski definition) is 1. The van der Waals surface area contributed by atoms with Gasteiger partial charge in [0.25, 0.3) is 6.43 Å². The van der Waals surface area contributed by atoms with Gasteiger partial charge >= 0.3 is 5.97 Å². The van der Waals surface area contributed by atoms with Crippen molar-refractivity contribution in [1.29, 1.82) is 5.26 Å². The van der Waals surface area contributed by atoms with Crippen molar-refractivity contribution in [2.75, 3.05) is 7.11 Å². The van der Waals surface area contributed by atoms with Crippen LogP contribution in [0.5, 0.6) is 0 Å². The molecule has 0 aliphatic heterocycles. The van der Waals surface area contributed by atoms with Crippen molar-refractivity contribution >= 4 is 5.97 Å². The van der Waals surface area contributed by atoms with Crippen LogP contribution in [0, 0.1) is 11.3 Å². The Bertz CT molecular complexity index is 483. The highest BCUT2D eigenvalue weighted by atomic mass is 19.3. The Balaban J connectivity index is 3.45. The van der Waals surface area contributed by atoms with E-state index in [1.54, 1.807) is 6.07 Å². The molecule has 17 heavy (non-hydrogen) atoms. The fraction of sp³-hybridized carbons (Fsp3) is 0.300. The molecule has 0 amide bonds. The van der Waals surface area contributed by atoms with Crippen LogP contribution in [0.1, 0.15) is 33.7 Å². The van der Waals surface area contributed by atoms with E-state index in [1.807, 2.05) is 0 Å². The number of rotatable bonds is 3. The van der Waals surface area contributed by atoms with E-state index in [0.29, 0.717) is 0 Å². The molecule has 1 aromatic rings. The van der Waals surface area contributed by atoms with Crippen LogP contribution in [0.2, 0.25) is 0 Å². The van der Waals surface area contributed by atoms with Crippen molar-refractivity contribution in [3.8, 4) is 6.07 Å². The highest BCUT2D eigenvalue weighted by molar-refractivity contribution is 5.91. The molecule has 0 saturated carbocycles. The highest BCUT2D eigenvalue weighted by Gasteiger charge is 2.21. The summed E-state index contributed by atoms with van der Waals surface area (Å²) in [6.45, 7) is -0.240. The quantitative estimate of drug-likeness (QED) is 0.801. The molecule has 2 N–H and O–H groups in total. The van der Waals surface area contributed by atoms with Gasteiger partial charge in [0.1, 0.15) is 6.07 Å². The van der Waals surface area contributed by atoms with Crippen LogP contribution in [0.25, 0.3) is 0 Å². The predicted molar refractivity (Wildman–Crippen MR) is 53.1 cm³/mol. The molecule has 0 radical (unpaired) electrons. The van der Waals surface area contributed by atoms with Crippen molar-refractivity contribution in [2.45, 2.75) is 13.0 Å². The van der Waals surface area contributed by atoms with Gasteiger partial charge in [-0.3, -0.25) is 0 Å². The third kappa shape index (κ3) is 2.54. The molecule has 0 unspecified atom stereocenters. The van der Waals surface area contributed by atoms with Crippen molar-refractivity contribution in [3.63, 3.8) is 0 Å². The molecule has 0 aliphatic rings. The zero-order valence-corrected chi connectivity index (χ0v) is 8.91. The second-order valence-corrected chi connectivity index (χ2v) is 3.03. The molecule has 7 heteroatoms. The summed E-state index contributed by atoms with van der Waals surface area (Å²) < 4.78 is 29.7. The minimum absolute atomic E-state index is 0.107. The first kappa shape index (κ1) is 13.0. The number of nitrogens with zero attached hydrogens (tertiary/aromatic N) is 2. The Morgan fingerprint density at radius 3 is 2.76 bits per heavy atom. The summed E-state index contributed by atoms with van der Waals surface area (Å²) in [7, 11) is 1.09.